The minimum atomic E-state index is 0.853. The van der Waals surface area contributed by atoms with Crippen molar-refractivity contribution < 1.29 is 0 Å². The molecule has 0 aliphatic carbocycles. The predicted molar refractivity (Wildman–Crippen MR) is 98.8 cm³/mol. The van der Waals surface area contributed by atoms with Gasteiger partial charge in [0.2, 0.25) is 0 Å². The maximum atomic E-state index is 4.50. The van der Waals surface area contributed by atoms with Crippen LogP contribution >= 0.6 is 0 Å². The molecule has 0 unspecified atom stereocenters. The van der Waals surface area contributed by atoms with Gasteiger partial charge in [0.05, 0.1) is 11.9 Å². The molecule has 0 bridgehead atoms. The van der Waals surface area contributed by atoms with Crippen LogP contribution in [-0.2, 0) is 7.05 Å². The van der Waals surface area contributed by atoms with Gasteiger partial charge < -0.3 is 0 Å². The van der Waals surface area contributed by atoms with Gasteiger partial charge in [0, 0.05) is 29.4 Å². The number of hydrogen-bond donors (Lipinski definition) is 0. The highest BCUT2D eigenvalue weighted by Crippen LogP contribution is 2.12. The van der Waals surface area contributed by atoms with Crippen molar-refractivity contribution in [3.05, 3.63) is 88.7 Å². The lowest BCUT2D eigenvalue weighted by Crippen LogP contribution is -2.02. The molecule has 0 N–H and O–H groups in total. The summed E-state index contributed by atoms with van der Waals surface area (Å²) in [4.78, 5) is 0. The molecule has 1 aromatic heterocycles. The molecule has 0 amide bonds. The summed E-state index contributed by atoms with van der Waals surface area (Å²) in [5, 5.41) is 13.2. The van der Waals surface area contributed by atoms with Crippen LogP contribution < -0.4 is 0 Å². The van der Waals surface area contributed by atoms with Crippen molar-refractivity contribution in [1.29, 1.82) is 0 Å². The van der Waals surface area contributed by atoms with E-state index in [-0.39, 0.29) is 0 Å². The smallest absolute Gasteiger partial charge is 0.100 e. The van der Waals surface area contributed by atoms with Crippen LogP contribution in [0.25, 0.3) is 0 Å². The molecule has 0 fully saturated rings. The summed E-state index contributed by atoms with van der Waals surface area (Å²) >= 11 is 0. The standard InChI is InChI=1S/C20H20N4/c1-15-19(16(2)24(3)23-15)14-21-22-20(17-10-6-4-7-11-17)18-12-8-5-9-13-18/h4-14H,1-3H3/b21-14+. The number of hydrogen-bond acceptors (Lipinski definition) is 3. The second-order valence-corrected chi connectivity index (χ2v) is 5.63. The van der Waals surface area contributed by atoms with Crippen LogP contribution in [0.15, 0.2) is 70.9 Å². The fourth-order valence-electron chi connectivity index (χ4n) is 2.60. The highest BCUT2D eigenvalue weighted by atomic mass is 15.3. The molecule has 0 aliphatic rings. The fraction of sp³-hybridized carbons (Fsp3) is 0.150. The van der Waals surface area contributed by atoms with E-state index in [2.05, 4.69) is 15.3 Å². The molecule has 120 valence electrons. The first-order valence-electron chi connectivity index (χ1n) is 7.89. The van der Waals surface area contributed by atoms with Crippen molar-refractivity contribution in [3.63, 3.8) is 0 Å². The molecular weight excluding hydrogens is 296 g/mol. The minimum absolute atomic E-state index is 0.853. The lowest BCUT2D eigenvalue weighted by atomic mass is 10.0. The van der Waals surface area contributed by atoms with Crippen LogP contribution in [-0.4, -0.2) is 21.7 Å². The quantitative estimate of drug-likeness (QED) is 0.531. The van der Waals surface area contributed by atoms with E-state index >= 15 is 0 Å². The number of aromatic nitrogens is 2. The van der Waals surface area contributed by atoms with Crippen LogP contribution in [0, 0.1) is 13.8 Å². The third-order valence-corrected chi connectivity index (χ3v) is 4.00. The fourth-order valence-corrected chi connectivity index (χ4v) is 2.60. The van der Waals surface area contributed by atoms with Crippen LogP contribution in [0.4, 0.5) is 0 Å². The summed E-state index contributed by atoms with van der Waals surface area (Å²) in [5.74, 6) is 0. The van der Waals surface area contributed by atoms with E-state index in [1.165, 1.54) is 0 Å². The molecule has 0 saturated heterocycles. The van der Waals surface area contributed by atoms with Crippen molar-refractivity contribution >= 4 is 11.9 Å². The van der Waals surface area contributed by atoms with E-state index in [4.69, 9.17) is 0 Å². The van der Waals surface area contributed by atoms with E-state index in [0.717, 1.165) is 33.8 Å². The summed E-state index contributed by atoms with van der Waals surface area (Å²) in [6.45, 7) is 4.01. The zero-order valence-corrected chi connectivity index (χ0v) is 14.1. The Balaban J connectivity index is 2.00. The lowest BCUT2D eigenvalue weighted by molar-refractivity contribution is 0.731. The third-order valence-electron chi connectivity index (χ3n) is 4.00. The Bertz CT molecular complexity index is 833. The van der Waals surface area contributed by atoms with Gasteiger partial charge in [-0.2, -0.15) is 10.2 Å². The second kappa shape index (κ2) is 7.04. The number of aryl methyl sites for hydroxylation is 2. The SMILES string of the molecule is Cc1nn(C)c(C)c1/C=N/N=C(c1ccccc1)c1ccccc1. The van der Waals surface area contributed by atoms with Crippen molar-refractivity contribution in [2.24, 2.45) is 17.3 Å². The number of nitrogens with zero attached hydrogens (tertiary/aromatic N) is 4. The normalized spacial score (nSPS) is 11.0. The van der Waals surface area contributed by atoms with Gasteiger partial charge in [0.15, 0.2) is 0 Å². The van der Waals surface area contributed by atoms with Crippen LogP contribution in [0.1, 0.15) is 28.1 Å². The molecular formula is C20H20N4. The Kier molecular flexibility index (Phi) is 4.66. The summed E-state index contributed by atoms with van der Waals surface area (Å²) in [5.41, 5.74) is 5.98. The van der Waals surface area contributed by atoms with Gasteiger partial charge in [-0.15, -0.1) is 5.10 Å². The average Bonchev–Trinajstić information content (AvgIpc) is 2.86. The van der Waals surface area contributed by atoms with Gasteiger partial charge in [0.25, 0.3) is 0 Å². The van der Waals surface area contributed by atoms with E-state index < -0.39 is 0 Å². The van der Waals surface area contributed by atoms with Crippen LogP contribution in [0.3, 0.4) is 0 Å². The molecule has 0 aliphatic heterocycles. The molecule has 4 nitrogen and oxygen atoms in total. The van der Waals surface area contributed by atoms with E-state index in [1.807, 2.05) is 86.2 Å². The Morgan fingerprint density at radius 2 is 1.46 bits per heavy atom. The van der Waals surface area contributed by atoms with Gasteiger partial charge >= 0.3 is 0 Å². The van der Waals surface area contributed by atoms with Crippen molar-refractivity contribution in [3.8, 4) is 0 Å². The average molecular weight is 316 g/mol. The van der Waals surface area contributed by atoms with Gasteiger partial charge in [-0.3, -0.25) is 4.68 Å². The third kappa shape index (κ3) is 3.33. The van der Waals surface area contributed by atoms with Crippen LogP contribution in [0.2, 0.25) is 0 Å². The van der Waals surface area contributed by atoms with Gasteiger partial charge in [-0.25, -0.2) is 0 Å². The molecule has 3 rings (SSSR count). The van der Waals surface area contributed by atoms with Crippen molar-refractivity contribution in [1.82, 2.24) is 9.78 Å². The molecule has 4 heteroatoms. The van der Waals surface area contributed by atoms with E-state index in [9.17, 15) is 0 Å². The molecule has 0 spiro atoms. The Morgan fingerprint density at radius 1 is 0.917 bits per heavy atom. The summed E-state index contributed by atoms with van der Waals surface area (Å²) in [7, 11) is 1.93. The molecule has 0 saturated carbocycles. The first kappa shape index (κ1) is 15.9. The van der Waals surface area contributed by atoms with Gasteiger partial charge in [-0.1, -0.05) is 60.7 Å². The van der Waals surface area contributed by atoms with Crippen molar-refractivity contribution in [2.75, 3.05) is 0 Å². The molecule has 0 radical (unpaired) electrons. The van der Waals surface area contributed by atoms with Crippen molar-refractivity contribution in [2.45, 2.75) is 13.8 Å². The van der Waals surface area contributed by atoms with E-state index in [0.29, 0.717) is 0 Å². The lowest BCUT2D eigenvalue weighted by Gasteiger charge is -2.05. The highest BCUT2D eigenvalue weighted by molar-refractivity contribution is 6.12. The molecule has 2 aromatic carbocycles. The largest absolute Gasteiger partial charge is 0.272 e. The Labute approximate surface area is 142 Å². The molecule has 1 heterocycles. The zero-order valence-electron chi connectivity index (χ0n) is 14.1. The predicted octanol–water partition coefficient (Wildman–Crippen LogP) is 3.91. The first-order valence-corrected chi connectivity index (χ1v) is 7.89. The Hall–Kier alpha value is -3.01. The summed E-state index contributed by atoms with van der Waals surface area (Å²) in [6.07, 6.45) is 1.78. The molecule has 24 heavy (non-hydrogen) atoms. The maximum absolute atomic E-state index is 4.50. The maximum Gasteiger partial charge on any atom is 0.100 e. The van der Waals surface area contributed by atoms with Gasteiger partial charge in [0.1, 0.15) is 5.71 Å². The second-order valence-electron chi connectivity index (χ2n) is 5.63. The van der Waals surface area contributed by atoms with Crippen LogP contribution in [0.5, 0.6) is 0 Å². The zero-order chi connectivity index (χ0) is 16.9. The summed E-state index contributed by atoms with van der Waals surface area (Å²) in [6, 6.07) is 20.2. The highest BCUT2D eigenvalue weighted by Gasteiger charge is 2.08. The number of rotatable bonds is 4. The monoisotopic (exact) mass is 316 g/mol. The Morgan fingerprint density at radius 3 is 1.92 bits per heavy atom. The minimum Gasteiger partial charge on any atom is -0.272 e. The van der Waals surface area contributed by atoms with E-state index in [1.54, 1.807) is 6.21 Å². The molecule has 3 aromatic rings. The van der Waals surface area contributed by atoms with Gasteiger partial charge in [-0.05, 0) is 13.8 Å². The number of benzene rings is 2. The molecule has 0 atom stereocenters. The first-order chi connectivity index (χ1) is 11.7. The summed E-state index contributed by atoms with van der Waals surface area (Å²) < 4.78 is 1.86. The topological polar surface area (TPSA) is 42.5 Å².